The van der Waals surface area contributed by atoms with Gasteiger partial charge in [0.25, 0.3) is 0 Å². The number of hydrogen-bond acceptors (Lipinski definition) is 2. The van der Waals surface area contributed by atoms with E-state index in [1.807, 2.05) is 44.2 Å². The third-order valence-electron chi connectivity index (χ3n) is 4.53. The molecule has 2 aromatic rings. The summed E-state index contributed by atoms with van der Waals surface area (Å²) in [5.74, 6) is 1.05. The lowest BCUT2D eigenvalue weighted by molar-refractivity contribution is 0.262. The van der Waals surface area contributed by atoms with Crippen LogP contribution >= 0.6 is 24.0 Å². The normalized spacial score (nSPS) is 16.9. The minimum atomic E-state index is -0.304. The fourth-order valence-corrected chi connectivity index (χ4v) is 3.00. The Hall–Kier alpha value is -1.83. The molecule has 3 rings (SSSR count). The molecule has 26 heavy (non-hydrogen) atoms. The second kappa shape index (κ2) is 8.70. The highest BCUT2D eigenvalue weighted by molar-refractivity contribution is 14.0. The molecule has 1 aliphatic rings. The van der Waals surface area contributed by atoms with Crippen LogP contribution in [0.5, 0.6) is 5.75 Å². The Morgan fingerprint density at radius 3 is 2.81 bits per heavy atom. The molecule has 1 atom stereocenters. The van der Waals surface area contributed by atoms with E-state index in [0.29, 0.717) is 19.1 Å². The Bertz CT molecular complexity index is 779. The molecule has 1 aliphatic heterocycles. The molecule has 0 amide bonds. The minimum absolute atomic E-state index is 0. The van der Waals surface area contributed by atoms with E-state index in [9.17, 15) is 4.39 Å². The Labute approximate surface area is 171 Å². The zero-order valence-corrected chi connectivity index (χ0v) is 17.4. The highest BCUT2D eigenvalue weighted by atomic mass is 127. The molecule has 0 spiro atoms. The van der Waals surface area contributed by atoms with E-state index in [1.54, 1.807) is 12.1 Å². The molecule has 6 heteroatoms. The van der Waals surface area contributed by atoms with Gasteiger partial charge in [-0.3, -0.25) is 4.99 Å². The summed E-state index contributed by atoms with van der Waals surface area (Å²) < 4.78 is 19.1. The first-order valence-corrected chi connectivity index (χ1v) is 8.50. The van der Waals surface area contributed by atoms with Gasteiger partial charge in [-0.05, 0) is 23.8 Å². The molecule has 0 bridgehead atoms. The summed E-state index contributed by atoms with van der Waals surface area (Å²) in [6, 6.07) is 14.7. The molecule has 3 N–H and O–H groups in total. The van der Waals surface area contributed by atoms with Crippen LogP contribution in [0.2, 0.25) is 0 Å². The third kappa shape index (κ3) is 4.87. The molecule has 0 fully saturated rings. The minimum Gasteiger partial charge on any atom is -0.493 e. The van der Waals surface area contributed by atoms with Crippen molar-refractivity contribution in [3.8, 4) is 5.75 Å². The number of nitrogens with one attached hydrogen (secondary N) is 1. The predicted octanol–water partition coefficient (Wildman–Crippen LogP) is 4.15. The van der Waals surface area contributed by atoms with Crippen LogP contribution in [0.3, 0.4) is 0 Å². The number of rotatable bonds is 4. The average Bonchev–Trinajstić information content (AvgIpc) is 2.60. The summed E-state index contributed by atoms with van der Waals surface area (Å²) in [7, 11) is 0. The lowest BCUT2D eigenvalue weighted by Crippen LogP contribution is -2.38. The quantitative estimate of drug-likeness (QED) is 0.402. The molecule has 0 aliphatic carbocycles. The number of fused-ring (bicyclic) bond motifs is 1. The zero-order chi connectivity index (χ0) is 17.9. The molecule has 4 nitrogen and oxygen atoms in total. The second-order valence-electron chi connectivity index (χ2n) is 6.97. The summed E-state index contributed by atoms with van der Waals surface area (Å²) in [6.07, 6.45) is 0.834. The van der Waals surface area contributed by atoms with Gasteiger partial charge < -0.3 is 15.8 Å². The lowest BCUT2D eigenvalue weighted by Gasteiger charge is -2.27. The highest BCUT2D eigenvalue weighted by Crippen LogP contribution is 2.31. The van der Waals surface area contributed by atoms with Gasteiger partial charge in [-0.1, -0.05) is 44.2 Å². The fourth-order valence-electron chi connectivity index (χ4n) is 3.00. The fraction of sp³-hybridized carbons (Fsp3) is 0.350. The van der Waals surface area contributed by atoms with Gasteiger partial charge in [-0.15, -0.1) is 24.0 Å². The number of hydrogen-bond donors (Lipinski definition) is 2. The number of halogens is 2. The van der Waals surface area contributed by atoms with Crippen LogP contribution in [0.4, 0.5) is 4.39 Å². The van der Waals surface area contributed by atoms with E-state index in [4.69, 9.17) is 10.5 Å². The number of nitrogens with zero attached hydrogens (tertiary/aromatic N) is 1. The molecule has 0 aromatic heterocycles. The number of benzene rings is 2. The van der Waals surface area contributed by atoms with Crippen molar-refractivity contribution < 1.29 is 9.13 Å². The molecule has 1 unspecified atom stereocenters. The topological polar surface area (TPSA) is 59.6 Å². The summed E-state index contributed by atoms with van der Waals surface area (Å²) in [5.41, 5.74) is 7.79. The summed E-state index contributed by atoms with van der Waals surface area (Å²) in [6.45, 7) is 5.18. The van der Waals surface area contributed by atoms with Gasteiger partial charge in [0.1, 0.15) is 11.6 Å². The van der Waals surface area contributed by atoms with Crippen LogP contribution in [-0.2, 0) is 5.41 Å². The molecule has 1 heterocycles. The Morgan fingerprint density at radius 1 is 1.27 bits per heavy atom. The van der Waals surface area contributed by atoms with Gasteiger partial charge in [0.15, 0.2) is 5.96 Å². The van der Waals surface area contributed by atoms with E-state index >= 15 is 0 Å². The molecular formula is C20H25FIN3O. The number of nitrogens with two attached hydrogens (primary N) is 1. The van der Waals surface area contributed by atoms with E-state index in [-0.39, 0.29) is 41.3 Å². The van der Waals surface area contributed by atoms with Crippen molar-refractivity contribution in [3.63, 3.8) is 0 Å². The van der Waals surface area contributed by atoms with Crippen molar-refractivity contribution >= 4 is 29.9 Å². The second-order valence-corrected chi connectivity index (χ2v) is 6.97. The number of guanidine groups is 1. The largest absolute Gasteiger partial charge is 0.493 e. The number of aliphatic imine (C=N–C) groups is 1. The van der Waals surface area contributed by atoms with Crippen molar-refractivity contribution in [2.75, 3.05) is 13.2 Å². The molecule has 0 saturated carbocycles. The van der Waals surface area contributed by atoms with Crippen molar-refractivity contribution in [1.82, 2.24) is 5.32 Å². The van der Waals surface area contributed by atoms with Crippen LogP contribution < -0.4 is 15.8 Å². The molecule has 0 saturated heterocycles. The summed E-state index contributed by atoms with van der Waals surface area (Å²) in [4.78, 5) is 4.49. The maximum Gasteiger partial charge on any atom is 0.189 e. The van der Waals surface area contributed by atoms with Crippen LogP contribution in [-0.4, -0.2) is 19.1 Å². The highest BCUT2D eigenvalue weighted by Gasteiger charge is 2.23. The van der Waals surface area contributed by atoms with Crippen molar-refractivity contribution in [2.45, 2.75) is 31.7 Å². The Morgan fingerprint density at radius 2 is 2.04 bits per heavy atom. The predicted molar refractivity (Wildman–Crippen MR) is 114 cm³/mol. The zero-order valence-electron chi connectivity index (χ0n) is 15.0. The van der Waals surface area contributed by atoms with E-state index in [1.165, 1.54) is 6.07 Å². The number of ether oxygens (including phenoxy) is 1. The Kier molecular flexibility index (Phi) is 6.86. The van der Waals surface area contributed by atoms with Gasteiger partial charge in [0.2, 0.25) is 0 Å². The smallest absolute Gasteiger partial charge is 0.189 e. The first-order chi connectivity index (χ1) is 12.0. The van der Waals surface area contributed by atoms with Crippen LogP contribution in [0.15, 0.2) is 53.5 Å². The first kappa shape index (κ1) is 20.5. The summed E-state index contributed by atoms with van der Waals surface area (Å²) >= 11 is 0. The SMILES string of the molecule is CC(C)(CN=C(N)NC1CCOc2ccccc21)c1cccc(F)c1.I. The van der Waals surface area contributed by atoms with Crippen molar-refractivity contribution in [1.29, 1.82) is 0 Å². The van der Waals surface area contributed by atoms with Crippen LogP contribution in [0.25, 0.3) is 0 Å². The van der Waals surface area contributed by atoms with E-state index in [0.717, 1.165) is 23.3 Å². The van der Waals surface area contributed by atoms with Gasteiger partial charge in [0.05, 0.1) is 19.2 Å². The Balaban J connectivity index is 0.00000243. The van der Waals surface area contributed by atoms with E-state index < -0.39 is 0 Å². The molecule has 2 aromatic carbocycles. The maximum absolute atomic E-state index is 13.5. The van der Waals surface area contributed by atoms with Crippen LogP contribution in [0, 0.1) is 5.82 Å². The molecule has 140 valence electrons. The molecular weight excluding hydrogens is 444 g/mol. The third-order valence-corrected chi connectivity index (χ3v) is 4.53. The lowest BCUT2D eigenvalue weighted by atomic mass is 9.85. The number of para-hydroxylation sites is 1. The maximum atomic E-state index is 13.5. The van der Waals surface area contributed by atoms with Crippen LogP contribution in [0.1, 0.15) is 37.4 Å². The van der Waals surface area contributed by atoms with E-state index in [2.05, 4.69) is 10.3 Å². The average molecular weight is 469 g/mol. The molecule has 0 radical (unpaired) electrons. The van der Waals surface area contributed by atoms with Gasteiger partial charge >= 0.3 is 0 Å². The van der Waals surface area contributed by atoms with Gasteiger partial charge in [-0.25, -0.2) is 4.39 Å². The monoisotopic (exact) mass is 469 g/mol. The standard InChI is InChI=1S/C20H24FN3O.HI/c1-20(2,14-6-5-7-15(21)12-14)13-23-19(22)24-17-10-11-25-18-9-4-3-8-16(17)18;/h3-9,12,17H,10-11,13H2,1-2H3,(H3,22,23,24);1H. The van der Waals surface area contributed by atoms with Gasteiger partial charge in [-0.2, -0.15) is 0 Å². The summed E-state index contributed by atoms with van der Waals surface area (Å²) in [5, 5.41) is 3.28. The first-order valence-electron chi connectivity index (χ1n) is 8.50. The van der Waals surface area contributed by atoms with Crippen molar-refractivity contribution in [2.24, 2.45) is 10.7 Å². The van der Waals surface area contributed by atoms with Crippen molar-refractivity contribution in [3.05, 3.63) is 65.5 Å². The van der Waals surface area contributed by atoms with Gasteiger partial charge in [0, 0.05) is 17.4 Å².